The van der Waals surface area contributed by atoms with Crippen molar-refractivity contribution >= 4 is 29.2 Å². The molecule has 6 heteroatoms. The zero-order chi connectivity index (χ0) is 15.9. The maximum Gasteiger partial charge on any atom is 0.378 e. The molecule has 3 rings (SSSR count). The second-order valence-electron chi connectivity index (χ2n) is 4.77. The highest BCUT2D eigenvalue weighted by Gasteiger charge is 2.35. The van der Waals surface area contributed by atoms with E-state index < -0.39 is 23.6 Å². The van der Waals surface area contributed by atoms with Gasteiger partial charge in [-0.05, 0) is 23.3 Å². The van der Waals surface area contributed by atoms with Crippen LogP contribution in [0.4, 0.5) is 0 Å². The molecule has 0 unspecified atom stereocenters. The highest BCUT2D eigenvalue weighted by atomic mass is 35.5. The number of hydrogen-bond donors (Lipinski definition) is 2. The number of halogens is 2. The van der Waals surface area contributed by atoms with Gasteiger partial charge >= 0.3 is 5.97 Å². The fourth-order valence-corrected chi connectivity index (χ4v) is 2.50. The predicted molar refractivity (Wildman–Crippen MR) is 83.0 cm³/mol. The van der Waals surface area contributed by atoms with Gasteiger partial charge in [0.25, 0.3) is 0 Å². The lowest BCUT2D eigenvalue weighted by Gasteiger charge is -2.11. The number of aliphatic hydroxyl groups is 2. The lowest BCUT2D eigenvalue weighted by Crippen LogP contribution is -2.03. The Bertz CT molecular complexity index is 781. The van der Waals surface area contributed by atoms with Gasteiger partial charge in [0.1, 0.15) is 0 Å². The number of esters is 1. The van der Waals surface area contributed by atoms with Gasteiger partial charge in [0.15, 0.2) is 11.9 Å². The maximum atomic E-state index is 11.2. The first-order valence-electron chi connectivity index (χ1n) is 6.36. The molecule has 0 saturated heterocycles. The Balaban J connectivity index is 1.90. The monoisotopic (exact) mass is 336 g/mol. The van der Waals surface area contributed by atoms with Crippen LogP contribution in [0.15, 0.2) is 54.0 Å². The number of hydrogen-bond acceptors (Lipinski definition) is 4. The van der Waals surface area contributed by atoms with Gasteiger partial charge in [-0.25, -0.2) is 4.79 Å². The van der Waals surface area contributed by atoms with Crippen molar-refractivity contribution in [2.45, 2.75) is 6.10 Å². The number of carbonyl (C=O) groups excluding carboxylic acids is 1. The van der Waals surface area contributed by atoms with Crippen LogP contribution in [0.1, 0.15) is 11.7 Å². The Morgan fingerprint density at radius 2 is 1.55 bits per heavy atom. The van der Waals surface area contributed by atoms with E-state index in [0.717, 1.165) is 11.1 Å². The second kappa shape index (κ2) is 5.55. The van der Waals surface area contributed by atoms with Gasteiger partial charge < -0.3 is 14.9 Å². The molecular weight excluding hydrogens is 327 g/mol. The van der Waals surface area contributed by atoms with Gasteiger partial charge in [-0.1, -0.05) is 53.5 Å². The van der Waals surface area contributed by atoms with E-state index in [2.05, 4.69) is 0 Å². The van der Waals surface area contributed by atoms with Gasteiger partial charge in [-0.3, -0.25) is 0 Å². The first-order valence-corrected chi connectivity index (χ1v) is 7.11. The summed E-state index contributed by atoms with van der Waals surface area (Å²) < 4.78 is 4.90. The van der Waals surface area contributed by atoms with Crippen molar-refractivity contribution in [2.24, 2.45) is 0 Å². The third-order valence-electron chi connectivity index (χ3n) is 3.38. The Kier molecular flexibility index (Phi) is 3.72. The van der Waals surface area contributed by atoms with Crippen molar-refractivity contribution in [3.05, 3.63) is 69.6 Å². The second-order valence-corrected chi connectivity index (χ2v) is 5.58. The van der Waals surface area contributed by atoms with Crippen molar-refractivity contribution in [1.29, 1.82) is 0 Å². The van der Waals surface area contributed by atoms with Crippen LogP contribution in [0.2, 0.25) is 10.0 Å². The minimum absolute atomic E-state index is 0.457. The first-order chi connectivity index (χ1) is 10.5. The number of aliphatic hydroxyl groups excluding tert-OH is 2. The van der Waals surface area contributed by atoms with Crippen molar-refractivity contribution in [3.8, 4) is 11.1 Å². The van der Waals surface area contributed by atoms with E-state index >= 15 is 0 Å². The van der Waals surface area contributed by atoms with Crippen LogP contribution in [0.3, 0.4) is 0 Å². The van der Waals surface area contributed by atoms with Crippen LogP contribution < -0.4 is 0 Å². The highest BCUT2D eigenvalue weighted by molar-refractivity contribution is 6.42. The molecule has 2 aromatic rings. The molecule has 0 spiro atoms. The maximum absolute atomic E-state index is 11.2. The Morgan fingerprint density at radius 1 is 0.909 bits per heavy atom. The van der Waals surface area contributed by atoms with E-state index in [1.807, 2.05) is 6.07 Å². The minimum atomic E-state index is -0.977. The highest BCUT2D eigenvalue weighted by Crippen LogP contribution is 2.34. The third kappa shape index (κ3) is 2.51. The molecule has 1 heterocycles. The zero-order valence-electron chi connectivity index (χ0n) is 11.1. The summed E-state index contributed by atoms with van der Waals surface area (Å²) in [6, 6.07) is 12.3. The summed E-state index contributed by atoms with van der Waals surface area (Å²) in [5.41, 5.74) is 2.32. The first kappa shape index (κ1) is 14.8. The van der Waals surface area contributed by atoms with Crippen LogP contribution >= 0.6 is 23.2 Å². The molecule has 1 aliphatic rings. The van der Waals surface area contributed by atoms with Gasteiger partial charge in [-0.15, -0.1) is 0 Å². The van der Waals surface area contributed by atoms with Crippen molar-refractivity contribution in [1.82, 2.24) is 0 Å². The van der Waals surface area contributed by atoms with Gasteiger partial charge in [0.2, 0.25) is 5.76 Å². The van der Waals surface area contributed by atoms with Crippen LogP contribution in [-0.4, -0.2) is 16.2 Å². The molecule has 1 aliphatic heterocycles. The zero-order valence-corrected chi connectivity index (χ0v) is 12.6. The summed E-state index contributed by atoms with van der Waals surface area (Å²) in [5, 5.41) is 19.9. The molecule has 1 atom stereocenters. The van der Waals surface area contributed by atoms with E-state index in [-0.39, 0.29) is 0 Å². The van der Waals surface area contributed by atoms with Crippen LogP contribution in [-0.2, 0) is 9.53 Å². The quantitative estimate of drug-likeness (QED) is 0.787. The number of carbonyl (C=O) groups is 1. The molecular formula is C16H10Cl2O4. The molecule has 0 bridgehead atoms. The molecule has 0 saturated carbocycles. The predicted octanol–water partition coefficient (Wildman–Crippen LogP) is 4.59. The summed E-state index contributed by atoms with van der Waals surface area (Å²) in [6.07, 6.45) is -0.977. The van der Waals surface area contributed by atoms with Gasteiger partial charge in [0.05, 0.1) is 10.0 Å². The molecule has 0 aliphatic carbocycles. The molecule has 0 aromatic heterocycles. The number of benzene rings is 2. The molecule has 0 radical (unpaired) electrons. The normalized spacial score (nSPS) is 17.7. The lowest BCUT2D eigenvalue weighted by atomic mass is 10.0. The number of cyclic esters (lactones) is 1. The average Bonchev–Trinajstić information content (AvgIpc) is 2.78. The number of rotatable bonds is 2. The van der Waals surface area contributed by atoms with Crippen LogP contribution in [0.25, 0.3) is 11.1 Å². The van der Waals surface area contributed by atoms with Gasteiger partial charge in [0, 0.05) is 5.56 Å². The summed E-state index contributed by atoms with van der Waals surface area (Å²) in [7, 11) is 0. The van der Waals surface area contributed by atoms with Crippen molar-refractivity contribution < 1.29 is 19.7 Å². The fourth-order valence-electron chi connectivity index (χ4n) is 2.20. The van der Waals surface area contributed by atoms with Crippen molar-refractivity contribution in [3.63, 3.8) is 0 Å². The third-order valence-corrected chi connectivity index (χ3v) is 4.11. The summed E-state index contributed by atoms with van der Waals surface area (Å²) in [6.45, 7) is 0. The van der Waals surface area contributed by atoms with E-state index in [0.29, 0.717) is 15.6 Å². The Hall–Kier alpha value is -2.17. The van der Waals surface area contributed by atoms with E-state index in [4.69, 9.17) is 27.9 Å². The topological polar surface area (TPSA) is 66.8 Å². The summed E-state index contributed by atoms with van der Waals surface area (Å²) >= 11 is 11.9. The molecule has 2 aromatic carbocycles. The fraction of sp³-hybridized carbons (Fsp3) is 0.0625. The SMILES string of the molecule is O=C1O[C@H](c2ccc(-c3ccc(Cl)c(Cl)c3)cc2)C(O)=C1O. The van der Waals surface area contributed by atoms with Gasteiger partial charge in [-0.2, -0.15) is 0 Å². The standard InChI is InChI=1S/C16H10Cl2O4/c17-11-6-5-10(7-12(11)18)8-1-3-9(4-2-8)15-13(19)14(20)16(21)22-15/h1-7,15,19-20H/t15-/m1/s1. The number of ether oxygens (including phenoxy) is 1. The lowest BCUT2D eigenvalue weighted by molar-refractivity contribution is -0.142. The summed E-state index contributed by atoms with van der Waals surface area (Å²) in [5.74, 6) is -2.16. The Labute approximate surface area is 136 Å². The van der Waals surface area contributed by atoms with Crippen molar-refractivity contribution in [2.75, 3.05) is 0 Å². The summed E-state index contributed by atoms with van der Waals surface area (Å²) in [4.78, 5) is 11.2. The molecule has 4 nitrogen and oxygen atoms in total. The largest absolute Gasteiger partial charge is 0.505 e. The molecule has 22 heavy (non-hydrogen) atoms. The minimum Gasteiger partial charge on any atom is -0.505 e. The van der Waals surface area contributed by atoms with E-state index in [1.165, 1.54) is 0 Å². The Morgan fingerprint density at radius 3 is 2.09 bits per heavy atom. The molecule has 112 valence electrons. The molecule has 0 amide bonds. The van der Waals surface area contributed by atoms with E-state index in [1.54, 1.807) is 36.4 Å². The average molecular weight is 337 g/mol. The van der Waals surface area contributed by atoms with E-state index in [9.17, 15) is 15.0 Å². The molecule has 0 fully saturated rings. The van der Waals surface area contributed by atoms with Crippen LogP contribution in [0, 0.1) is 0 Å². The molecule has 2 N–H and O–H groups in total. The van der Waals surface area contributed by atoms with Crippen LogP contribution in [0.5, 0.6) is 0 Å². The smallest absolute Gasteiger partial charge is 0.378 e.